The molecule has 0 aliphatic carbocycles. The highest BCUT2D eigenvalue weighted by molar-refractivity contribution is 7.09. The van der Waals surface area contributed by atoms with Crippen molar-refractivity contribution in [3.63, 3.8) is 0 Å². The predicted molar refractivity (Wildman–Crippen MR) is 124 cm³/mol. The van der Waals surface area contributed by atoms with E-state index in [1.165, 1.54) is 29.9 Å². The van der Waals surface area contributed by atoms with Crippen LogP contribution in [0.15, 0.2) is 96.8 Å². The Bertz CT molecular complexity index is 1140. The van der Waals surface area contributed by atoms with Crippen LogP contribution in [0.3, 0.4) is 0 Å². The van der Waals surface area contributed by atoms with Gasteiger partial charge < -0.3 is 10.2 Å². The summed E-state index contributed by atoms with van der Waals surface area (Å²) < 4.78 is 0. The number of nitrogens with one attached hydrogen (secondary N) is 1. The zero-order valence-corrected chi connectivity index (χ0v) is 18.1. The summed E-state index contributed by atoms with van der Waals surface area (Å²) in [5.41, 5.74) is 1.91. The quantitative estimate of drug-likeness (QED) is 0.443. The van der Waals surface area contributed by atoms with E-state index in [1.807, 2.05) is 78.2 Å². The van der Waals surface area contributed by atoms with Crippen molar-refractivity contribution < 1.29 is 9.59 Å². The van der Waals surface area contributed by atoms with Gasteiger partial charge in [-0.3, -0.25) is 14.6 Å². The van der Waals surface area contributed by atoms with Gasteiger partial charge in [-0.2, -0.15) is 0 Å². The first-order valence-corrected chi connectivity index (χ1v) is 11.1. The highest BCUT2D eigenvalue weighted by atomic mass is 32.1. The van der Waals surface area contributed by atoms with E-state index >= 15 is 0 Å². The van der Waals surface area contributed by atoms with Crippen molar-refractivity contribution in [3.05, 3.63) is 118 Å². The normalized spacial score (nSPS) is 11.5. The lowest BCUT2D eigenvalue weighted by Gasteiger charge is -2.31. The van der Waals surface area contributed by atoms with Crippen LogP contribution in [-0.2, 0) is 17.9 Å². The SMILES string of the molecule is O=C(NCc1ccccc1)[C@H](c1ccccc1)N(Cc1cccs1)C(=O)c1cnccn1. The fraction of sp³-hybridized carbons (Fsp3) is 0.120. The highest BCUT2D eigenvalue weighted by Gasteiger charge is 2.33. The lowest BCUT2D eigenvalue weighted by atomic mass is 10.0. The summed E-state index contributed by atoms with van der Waals surface area (Å²) in [6, 6.07) is 22.1. The number of hydrogen-bond donors (Lipinski definition) is 1. The molecule has 4 rings (SSSR count). The Morgan fingerprint density at radius 2 is 1.69 bits per heavy atom. The summed E-state index contributed by atoms with van der Waals surface area (Å²) in [5.74, 6) is -0.607. The zero-order valence-electron chi connectivity index (χ0n) is 17.3. The summed E-state index contributed by atoms with van der Waals surface area (Å²) in [6.07, 6.45) is 4.42. The van der Waals surface area contributed by atoms with E-state index in [0.29, 0.717) is 6.54 Å². The van der Waals surface area contributed by atoms with Crippen LogP contribution in [0.25, 0.3) is 0 Å². The maximum atomic E-state index is 13.5. The molecule has 0 fully saturated rings. The first-order chi connectivity index (χ1) is 15.7. The van der Waals surface area contributed by atoms with Crippen LogP contribution in [-0.4, -0.2) is 26.7 Å². The molecule has 160 valence electrons. The molecular formula is C25H22N4O2S. The molecule has 0 saturated heterocycles. The van der Waals surface area contributed by atoms with E-state index in [4.69, 9.17) is 0 Å². The minimum atomic E-state index is -0.823. The van der Waals surface area contributed by atoms with Crippen LogP contribution >= 0.6 is 11.3 Å². The molecule has 2 aromatic carbocycles. The van der Waals surface area contributed by atoms with E-state index in [2.05, 4.69) is 15.3 Å². The zero-order chi connectivity index (χ0) is 22.2. The first kappa shape index (κ1) is 21.4. The lowest BCUT2D eigenvalue weighted by Crippen LogP contribution is -2.43. The third-order valence-electron chi connectivity index (χ3n) is 4.93. The van der Waals surface area contributed by atoms with Gasteiger partial charge in [0.2, 0.25) is 5.91 Å². The molecule has 0 radical (unpaired) electrons. The molecule has 32 heavy (non-hydrogen) atoms. The molecule has 6 nitrogen and oxygen atoms in total. The number of thiophene rings is 1. The lowest BCUT2D eigenvalue weighted by molar-refractivity contribution is -0.126. The van der Waals surface area contributed by atoms with E-state index in [9.17, 15) is 9.59 Å². The number of amides is 2. The van der Waals surface area contributed by atoms with Gasteiger partial charge in [0.1, 0.15) is 11.7 Å². The Hall–Kier alpha value is -3.84. The number of benzene rings is 2. The summed E-state index contributed by atoms with van der Waals surface area (Å²) in [5, 5.41) is 4.95. The average Bonchev–Trinajstić information content (AvgIpc) is 3.37. The van der Waals surface area contributed by atoms with Gasteiger partial charge in [0.05, 0.1) is 12.7 Å². The maximum Gasteiger partial charge on any atom is 0.275 e. The number of rotatable bonds is 8. The summed E-state index contributed by atoms with van der Waals surface area (Å²) in [4.78, 5) is 37.7. The van der Waals surface area contributed by atoms with Gasteiger partial charge in [-0.15, -0.1) is 11.3 Å². The molecule has 0 saturated carbocycles. The summed E-state index contributed by atoms with van der Waals surface area (Å²) in [7, 11) is 0. The van der Waals surface area contributed by atoms with Gasteiger partial charge in [-0.05, 0) is 22.6 Å². The van der Waals surface area contributed by atoms with Crippen LogP contribution in [0.2, 0.25) is 0 Å². The van der Waals surface area contributed by atoms with E-state index in [-0.39, 0.29) is 24.1 Å². The largest absolute Gasteiger partial charge is 0.350 e. The molecule has 0 spiro atoms. The number of carbonyl (C=O) groups is 2. The first-order valence-electron chi connectivity index (χ1n) is 10.2. The van der Waals surface area contributed by atoms with E-state index in [0.717, 1.165) is 16.0 Å². The highest BCUT2D eigenvalue weighted by Crippen LogP contribution is 2.26. The van der Waals surface area contributed by atoms with Crippen LogP contribution in [0, 0.1) is 0 Å². The molecule has 1 atom stereocenters. The number of carbonyl (C=O) groups excluding carboxylic acids is 2. The Balaban J connectivity index is 1.68. The van der Waals surface area contributed by atoms with Gasteiger partial charge in [-0.25, -0.2) is 4.98 Å². The molecule has 4 aromatic rings. The minimum Gasteiger partial charge on any atom is -0.350 e. The Morgan fingerprint density at radius 1 is 0.938 bits per heavy atom. The molecule has 1 N–H and O–H groups in total. The van der Waals surface area contributed by atoms with Gasteiger partial charge >= 0.3 is 0 Å². The second-order valence-corrected chi connectivity index (χ2v) is 8.15. The molecule has 2 amide bonds. The third kappa shape index (κ3) is 5.25. The molecule has 0 aliphatic heterocycles. The molecule has 0 unspecified atom stereocenters. The fourth-order valence-corrected chi connectivity index (χ4v) is 4.10. The average molecular weight is 443 g/mol. The van der Waals surface area contributed by atoms with E-state index < -0.39 is 6.04 Å². The van der Waals surface area contributed by atoms with Crippen LogP contribution in [0.5, 0.6) is 0 Å². The van der Waals surface area contributed by atoms with Crippen LogP contribution < -0.4 is 5.32 Å². The molecule has 0 bridgehead atoms. The number of aromatic nitrogens is 2. The van der Waals surface area contributed by atoms with Gasteiger partial charge in [-0.1, -0.05) is 66.7 Å². The van der Waals surface area contributed by atoms with Crippen molar-refractivity contribution in [1.29, 1.82) is 0 Å². The summed E-state index contributed by atoms with van der Waals surface area (Å²) in [6.45, 7) is 0.653. The second-order valence-electron chi connectivity index (χ2n) is 7.12. The molecule has 7 heteroatoms. The maximum absolute atomic E-state index is 13.5. The smallest absolute Gasteiger partial charge is 0.275 e. The molecule has 2 heterocycles. The van der Waals surface area contributed by atoms with E-state index in [1.54, 1.807) is 4.90 Å². The van der Waals surface area contributed by atoms with Gasteiger partial charge in [0.15, 0.2) is 0 Å². The van der Waals surface area contributed by atoms with Crippen LogP contribution in [0.4, 0.5) is 0 Å². The Kier molecular flexibility index (Phi) is 6.99. The van der Waals surface area contributed by atoms with Crippen molar-refractivity contribution >= 4 is 23.2 Å². The Morgan fingerprint density at radius 3 is 2.34 bits per heavy atom. The Labute approximate surface area is 190 Å². The number of nitrogens with zero attached hydrogens (tertiary/aromatic N) is 3. The number of hydrogen-bond acceptors (Lipinski definition) is 5. The van der Waals surface area contributed by atoms with Crippen molar-refractivity contribution in [2.24, 2.45) is 0 Å². The van der Waals surface area contributed by atoms with Gasteiger partial charge in [0.25, 0.3) is 5.91 Å². The topological polar surface area (TPSA) is 75.2 Å². The van der Waals surface area contributed by atoms with Crippen molar-refractivity contribution in [2.45, 2.75) is 19.1 Å². The predicted octanol–water partition coefficient (Wildman–Crippen LogP) is 4.24. The van der Waals surface area contributed by atoms with Crippen molar-refractivity contribution in [1.82, 2.24) is 20.2 Å². The van der Waals surface area contributed by atoms with Gasteiger partial charge in [0, 0.05) is 23.8 Å². The monoisotopic (exact) mass is 442 g/mol. The second kappa shape index (κ2) is 10.5. The fourth-order valence-electron chi connectivity index (χ4n) is 3.40. The molecular weight excluding hydrogens is 420 g/mol. The van der Waals surface area contributed by atoms with Crippen molar-refractivity contribution in [3.8, 4) is 0 Å². The molecule has 0 aliphatic rings. The van der Waals surface area contributed by atoms with Crippen molar-refractivity contribution in [2.75, 3.05) is 0 Å². The third-order valence-corrected chi connectivity index (χ3v) is 5.80. The standard InChI is InChI=1S/C25H22N4O2S/c30-24(28-16-19-8-3-1-4-9-19)23(20-10-5-2-6-11-20)29(18-21-12-7-15-32-21)25(31)22-17-26-13-14-27-22/h1-15,17,23H,16,18H2,(H,28,30)/t23-/m0/s1. The minimum absolute atomic E-state index is 0.195. The van der Waals surface area contributed by atoms with Crippen LogP contribution in [0.1, 0.15) is 32.5 Å². The summed E-state index contributed by atoms with van der Waals surface area (Å²) >= 11 is 1.54. The molecule has 2 aromatic heterocycles.